The molecule has 5 heteroatoms. The second-order valence-corrected chi connectivity index (χ2v) is 5.89. The molecule has 4 nitrogen and oxygen atoms in total. The van der Waals surface area contributed by atoms with Gasteiger partial charge in [0.2, 0.25) is 0 Å². The van der Waals surface area contributed by atoms with Crippen LogP contribution in [0.2, 0.25) is 0 Å². The van der Waals surface area contributed by atoms with Crippen LogP contribution in [0.4, 0.5) is 0 Å². The maximum Gasteiger partial charge on any atom is 0.323 e. The zero-order chi connectivity index (χ0) is 13.0. The van der Waals surface area contributed by atoms with E-state index in [1.54, 1.807) is 18.0 Å². The third-order valence-corrected chi connectivity index (χ3v) is 4.54. The number of nitrogens with zero attached hydrogens (tertiary/aromatic N) is 1. The van der Waals surface area contributed by atoms with Gasteiger partial charge in [0.25, 0.3) is 0 Å². The van der Waals surface area contributed by atoms with E-state index in [0.717, 1.165) is 11.4 Å². The van der Waals surface area contributed by atoms with E-state index in [0.29, 0.717) is 24.6 Å². The predicted octanol–water partition coefficient (Wildman–Crippen LogP) is 2.16. The molecule has 98 valence electrons. The lowest BCUT2D eigenvalue weighted by molar-refractivity contribution is -0.144. The fraction of sp³-hybridized carbons (Fsp3) is 0.538. The van der Waals surface area contributed by atoms with Gasteiger partial charge in [-0.2, -0.15) is 0 Å². The van der Waals surface area contributed by atoms with Gasteiger partial charge in [0.1, 0.15) is 5.54 Å². The van der Waals surface area contributed by atoms with Crippen LogP contribution in [0.3, 0.4) is 0 Å². The van der Waals surface area contributed by atoms with Crippen molar-refractivity contribution in [1.82, 2.24) is 10.3 Å². The molecular formula is C13H18N2O2S. The van der Waals surface area contributed by atoms with Crippen LogP contribution < -0.4 is 5.32 Å². The van der Waals surface area contributed by atoms with Crippen LogP contribution in [0, 0.1) is 0 Å². The monoisotopic (exact) mass is 266 g/mol. The fourth-order valence-corrected chi connectivity index (χ4v) is 3.68. The predicted molar refractivity (Wildman–Crippen MR) is 71.8 cm³/mol. The molecular weight excluding hydrogens is 248 g/mol. The van der Waals surface area contributed by atoms with E-state index >= 15 is 0 Å². The maximum atomic E-state index is 11.4. The van der Waals surface area contributed by atoms with Gasteiger partial charge >= 0.3 is 5.97 Å². The molecule has 1 saturated carbocycles. The average molecular weight is 266 g/mol. The van der Waals surface area contributed by atoms with Gasteiger partial charge < -0.3 is 10.4 Å². The Morgan fingerprint density at radius 1 is 1.67 bits per heavy atom. The number of carboxylic acid groups (broad SMARTS) is 1. The number of aliphatic carboxylic acids is 1. The van der Waals surface area contributed by atoms with Crippen molar-refractivity contribution >= 4 is 17.7 Å². The lowest BCUT2D eigenvalue weighted by Crippen LogP contribution is -2.50. The molecule has 2 unspecified atom stereocenters. The molecule has 1 aliphatic rings. The first-order valence-corrected chi connectivity index (χ1v) is 7.10. The van der Waals surface area contributed by atoms with E-state index in [1.807, 2.05) is 25.1 Å². The summed E-state index contributed by atoms with van der Waals surface area (Å²) >= 11 is 1.68. The molecule has 1 aliphatic carbocycles. The van der Waals surface area contributed by atoms with Crippen LogP contribution in [-0.2, 0) is 4.79 Å². The number of pyridine rings is 1. The normalized spacial score (nSPS) is 27.3. The van der Waals surface area contributed by atoms with Crippen LogP contribution in [0.15, 0.2) is 29.4 Å². The number of aromatic nitrogens is 1. The van der Waals surface area contributed by atoms with Gasteiger partial charge in [-0.3, -0.25) is 4.79 Å². The number of carbonyl (C=O) groups is 1. The van der Waals surface area contributed by atoms with Gasteiger partial charge in [-0.1, -0.05) is 13.0 Å². The Labute approximate surface area is 111 Å². The van der Waals surface area contributed by atoms with Gasteiger partial charge in [0.15, 0.2) is 0 Å². The molecule has 0 saturated heterocycles. The van der Waals surface area contributed by atoms with Crippen LogP contribution in [-0.4, -0.2) is 33.4 Å². The second-order valence-electron chi connectivity index (χ2n) is 4.57. The maximum absolute atomic E-state index is 11.4. The third-order valence-electron chi connectivity index (χ3n) is 3.32. The molecule has 1 aromatic rings. The van der Waals surface area contributed by atoms with E-state index in [1.165, 1.54) is 0 Å². The van der Waals surface area contributed by atoms with Crippen molar-refractivity contribution in [2.75, 3.05) is 6.54 Å². The van der Waals surface area contributed by atoms with E-state index in [-0.39, 0.29) is 0 Å². The molecule has 18 heavy (non-hydrogen) atoms. The number of thioether (sulfide) groups is 1. The molecule has 0 radical (unpaired) electrons. The first-order chi connectivity index (χ1) is 8.66. The van der Waals surface area contributed by atoms with E-state index in [4.69, 9.17) is 0 Å². The van der Waals surface area contributed by atoms with E-state index in [2.05, 4.69) is 10.3 Å². The second kappa shape index (κ2) is 5.71. The summed E-state index contributed by atoms with van der Waals surface area (Å²) in [6, 6.07) is 5.82. The molecule has 0 amide bonds. The van der Waals surface area contributed by atoms with Crippen LogP contribution >= 0.6 is 11.8 Å². The lowest BCUT2D eigenvalue weighted by Gasteiger charge is -2.25. The molecule has 2 atom stereocenters. The summed E-state index contributed by atoms with van der Waals surface area (Å²) in [5, 5.41) is 13.8. The minimum Gasteiger partial charge on any atom is -0.480 e. The summed E-state index contributed by atoms with van der Waals surface area (Å²) in [5.41, 5.74) is -0.735. The molecule has 0 aromatic carbocycles. The van der Waals surface area contributed by atoms with Crippen molar-refractivity contribution in [3.05, 3.63) is 24.4 Å². The Bertz CT molecular complexity index is 413. The largest absolute Gasteiger partial charge is 0.480 e. The quantitative estimate of drug-likeness (QED) is 0.855. The fourth-order valence-electron chi connectivity index (χ4n) is 2.46. The van der Waals surface area contributed by atoms with Crippen molar-refractivity contribution in [3.8, 4) is 0 Å². The highest BCUT2D eigenvalue weighted by molar-refractivity contribution is 7.99. The van der Waals surface area contributed by atoms with Gasteiger partial charge in [-0.25, -0.2) is 4.98 Å². The van der Waals surface area contributed by atoms with Crippen molar-refractivity contribution in [2.24, 2.45) is 0 Å². The summed E-state index contributed by atoms with van der Waals surface area (Å²) in [6.07, 6.45) is 4.05. The Morgan fingerprint density at radius 3 is 3.11 bits per heavy atom. The molecule has 0 spiro atoms. The van der Waals surface area contributed by atoms with Crippen molar-refractivity contribution in [3.63, 3.8) is 0 Å². The van der Waals surface area contributed by atoms with Gasteiger partial charge in [-0.05, 0) is 37.9 Å². The summed E-state index contributed by atoms with van der Waals surface area (Å²) in [5.74, 6) is -0.728. The number of likely N-dealkylation sites (N-methyl/N-ethyl adjacent to an activating group) is 1. The Morgan fingerprint density at radius 2 is 2.50 bits per heavy atom. The molecule has 0 bridgehead atoms. The zero-order valence-corrected chi connectivity index (χ0v) is 11.2. The highest BCUT2D eigenvalue weighted by atomic mass is 32.2. The molecule has 1 aromatic heterocycles. The minimum atomic E-state index is -0.735. The molecule has 1 fully saturated rings. The van der Waals surface area contributed by atoms with Crippen LogP contribution in [0.1, 0.15) is 26.2 Å². The minimum absolute atomic E-state index is 0.329. The summed E-state index contributed by atoms with van der Waals surface area (Å²) in [4.78, 5) is 15.7. The summed E-state index contributed by atoms with van der Waals surface area (Å²) in [6.45, 7) is 2.64. The van der Waals surface area contributed by atoms with Crippen molar-refractivity contribution in [2.45, 2.75) is 42.0 Å². The highest BCUT2D eigenvalue weighted by Crippen LogP contribution is 2.39. The lowest BCUT2D eigenvalue weighted by atomic mass is 9.98. The molecule has 2 rings (SSSR count). The standard InChI is InChI=1S/C13H18N2O2S/c1-2-15-13(12(16)17)7-6-10(9-13)18-11-5-3-4-8-14-11/h3-5,8,10,15H,2,6-7,9H2,1H3,(H,16,17). The first kappa shape index (κ1) is 13.4. The zero-order valence-electron chi connectivity index (χ0n) is 10.4. The highest BCUT2D eigenvalue weighted by Gasteiger charge is 2.45. The number of hydrogen-bond donors (Lipinski definition) is 2. The first-order valence-electron chi connectivity index (χ1n) is 6.22. The van der Waals surface area contributed by atoms with Crippen molar-refractivity contribution < 1.29 is 9.90 Å². The summed E-state index contributed by atoms with van der Waals surface area (Å²) in [7, 11) is 0. The van der Waals surface area contributed by atoms with Crippen LogP contribution in [0.25, 0.3) is 0 Å². The Balaban J connectivity index is 2.01. The SMILES string of the molecule is CCNC1(C(=O)O)CCC(Sc2ccccn2)C1. The smallest absolute Gasteiger partial charge is 0.323 e. The number of nitrogens with one attached hydrogen (secondary N) is 1. The van der Waals surface area contributed by atoms with Gasteiger partial charge in [0.05, 0.1) is 5.03 Å². The average Bonchev–Trinajstić information content (AvgIpc) is 2.76. The van der Waals surface area contributed by atoms with Crippen LogP contribution in [0.5, 0.6) is 0 Å². The molecule has 0 aliphatic heterocycles. The Hall–Kier alpha value is -1.07. The van der Waals surface area contributed by atoms with E-state index in [9.17, 15) is 9.90 Å². The Kier molecular flexibility index (Phi) is 4.24. The van der Waals surface area contributed by atoms with E-state index < -0.39 is 11.5 Å². The number of carboxylic acids is 1. The summed E-state index contributed by atoms with van der Waals surface area (Å²) < 4.78 is 0. The molecule has 2 N–H and O–H groups in total. The third kappa shape index (κ3) is 2.84. The topological polar surface area (TPSA) is 62.2 Å². The number of rotatable bonds is 5. The van der Waals surface area contributed by atoms with Gasteiger partial charge in [0, 0.05) is 11.4 Å². The van der Waals surface area contributed by atoms with Crippen molar-refractivity contribution in [1.29, 1.82) is 0 Å². The number of hydrogen-bond acceptors (Lipinski definition) is 4. The molecule has 1 heterocycles. The van der Waals surface area contributed by atoms with Gasteiger partial charge in [-0.15, -0.1) is 11.8 Å².